The van der Waals surface area contributed by atoms with Crippen LogP contribution in [0.15, 0.2) is 24.3 Å². The van der Waals surface area contributed by atoms with Crippen LogP contribution in [0.5, 0.6) is 0 Å². The predicted molar refractivity (Wildman–Crippen MR) is 65.5 cm³/mol. The van der Waals surface area contributed by atoms with Gasteiger partial charge < -0.3 is 5.32 Å². The lowest BCUT2D eigenvalue weighted by molar-refractivity contribution is 0.275. The van der Waals surface area contributed by atoms with E-state index in [1.54, 1.807) is 0 Å². The van der Waals surface area contributed by atoms with Gasteiger partial charge in [0.05, 0.1) is 0 Å². The summed E-state index contributed by atoms with van der Waals surface area (Å²) in [6, 6.07) is 9.48. The lowest BCUT2D eigenvalue weighted by Gasteiger charge is -2.38. The van der Waals surface area contributed by atoms with Crippen LogP contribution in [0, 0.1) is 0 Å². The summed E-state index contributed by atoms with van der Waals surface area (Å²) in [5.74, 6) is 0.662. The van der Waals surface area contributed by atoms with Gasteiger partial charge in [-0.2, -0.15) is 0 Å². The van der Waals surface area contributed by atoms with Gasteiger partial charge >= 0.3 is 0 Å². The van der Waals surface area contributed by atoms with Gasteiger partial charge in [0.25, 0.3) is 0 Å². The lowest BCUT2D eigenvalue weighted by Crippen LogP contribution is -2.43. The molecule has 1 saturated carbocycles. The number of nitrogens with one attached hydrogen (secondary N) is 1. The molecule has 1 nitrogen and oxygen atoms in total. The lowest BCUT2D eigenvalue weighted by atomic mass is 9.75. The molecular weight excluding hydrogens is 206 g/mol. The Morgan fingerprint density at radius 2 is 1.93 bits per heavy atom. The first-order valence-corrected chi connectivity index (χ1v) is 6.05. The molecule has 1 aliphatic rings. The van der Waals surface area contributed by atoms with E-state index in [1.807, 2.05) is 12.1 Å². The van der Waals surface area contributed by atoms with Crippen LogP contribution in [0.2, 0.25) is 5.02 Å². The molecule has 1 aromatic carbocycles. The summed E-state index contributed by atoms with van der Waals surface area (Å²) < 4.78 is 0. The minimum absolute atomic E-state index is 0.585. The molecule has 1 aliphatic carbocycles. The molecule has 1 fully saturated rings. The van der Waals surface area contributed by atoms with Gasteiger partial charge in [0, 0.05) is 17.1 Å². The Kier molecular flexibility index (Phi) is 3.32. The predicted octanol–water partition coefficient (Wildman–Crippen LogP) is 3.58. The van der Waals surface area contributed by atoms with E-state index < -0.39 is 0 Å². The van der Waals surface area contributed by atoms with Crippen LogP contribution in [0.25, 0.3) is 0 Å². The summed E-state index contributed by atoms with van der Waals surface area (Å²) in [5, 5.41) is 4.48. The minimum Gasteiger partial charge on any atom is -0.312 e. The summed E-state index contributed by atoms with van der Waals surface area (Å²) in [6.45, 7) is 4.39. The fourth-order valence-corrected chi connectivity index (χ4v) is 2.58. The highest BCUT2D eigenvalue weighted by molar-refractivity contribution is 6.31. The molecule has 0 unspecified atom stereocenters. The summed E-state index contributed by atoms with van der Waals surface area (Å²) in [5.41, 5.74) is 1.32. The maximum absolute atomic E-state index is 6.16. The van der Waals surface area contributed by atoms with Gasteiger partial charge in [0.1, 0.15) is 0 Å². The summed E-state index contributed by atoms with van der Waals surface area (Å²) in [7, 11) is 0. The molecule has 0 saturated heterocycles. The van der Waals surface area contributed by atoms with Gasteiger partial charge in [-0.25, -0.2) is 0 Å². The Morgan fingerprint density at radius 1 is 1.27 bits per heavy atom. The average molecular weight is 224 g/mol. The normalized spacial score (nSPS) is 25.3. The van der Waals surface area contributed by atoms with Crippen molar-refractivity contribution in [2.45, 2.75) is 44.7 Å². The molecule has 2 rings (SSSR count). The van der Waals surface area contributed by atoms with Crippen molar-refractivity contribution in [3.63, 3.8) is 0 Å². The second kappa shape index (κ2) is 4.54. The Hall–Kier alpha value is -0.530. The molecule has 1 aromatic rings. The van der Waals surface area contributed by atoms with Crippen LogP contribution in [0.3, 0.4) is 0 Å². The smallest absolute Gasteiger partial charge is 0.0440 e. The van der Waals surface area contributed by atoms with Gasteiger partial charge in [-0.15, -0.1) is 0 Å². The van der Waals surface area contributed by atoms with Gasteiger partial charge in [0.15, 0.2) is 0 Å². The molecule has 0 spiro atoms. The number of halogens is 1. The zero-order valence-corrected chi connectivity index (χ0v) is 10.1. The van der Waals surface area contributed by atoms with Gasteiger partial charge in [-0.05, 0) is 30.4 Å². The second-order valence-electron chi connectivity index (χ2n) is 4.71. The van der Waals surface area contributed by atoms with Gasteiger partial charge in [-0.1, -0.05) is 43.6 Å². The number of hydrogen-bond donors (Lipinski definition) is 1. The molecule has 15 heavy (non-hydrogen) atoms. The molecule has 0 amide bonds. The van der Waals surface area contributed by atoms with Crippen LogP contribution in [0.1, 0.15) is 38.2 Å². The van der Waals surface area contributed by atoms with Crippen LogP contribution in [-0.2, 0) is 0 Å². The third kappa shape index (κ3) is 2.53. The Bertz CT molecular complexity index is 329. The van der Waals surface area contributed by atoms with Crippen molar-refractivity contribution in [3.8, 4) is 0 Å². The summed E-state index contributed by atoms with van der Waals surface area (Å²) in [4.78, 5) is 0. The topological polar surface area (TPSA) is 12.0 Å². The Labute approximate surface area is 96.8 Å². The van der Waals surface area contributed by atoms with Crippen LogP contribution in [0.4, 0.5) is 0 Å². The average Bonchev–Trinajstić information content (AvgIpc) is 2.12. The highest BCUT2D eigenvalue weighted by atomic mass is 35.5. The highest BCUT2D eigenvalue weighted by Crippen LogP contribution is 2.39. The van der Waals surface area contributed by atoms with E-state index in [0.29, 0.717) is 18.0 Å². The first-order chi connectivity index (χ1) is 7.16. The van der Waals surface area contributed by atoms with E-state index in [4.69, 9.17) is 11.6 Å². The summed E-state index contributed by atoms with van der Waals surface area (Å²) in [6.07, 6.45) is 2.45. The van der Waals surface area contributed by atoms with E-state index in [1.165, 1.54) is 18.4 Å². The quantitative estimate of drug-likeness (QED) is 0.826. The molecule has 0 atom stereocenters. The zero-order chi connectivity index (χ0) is 10.8. The minimum atomic E-state index is 0.585. The Morgan fingerprint density at radius 3 is 2.53 bits per heavy atom. The fraction of sp³-hybridized carbons (Fsp3) is 0.538. The molecule has 0 radical (unpaired) electrons. The third-order valence-corrected chi connectivity index (χ3v) is 3.40. The van der Waals surface area contributed by atoms with Gasteiger partial charge in [0.2, 0.25) is 0 Å². The van der Waals surface area contributed by atoms with Crippen molar-refractivity contribution >= 4 is 11.6 Å². The van der Waals surface area contributed by atoms with E-state index in [9.17, 15) is 0 Å². The van der Waals surface area contributed by atoms with Crippen molar-refractivity contribution in [3.05, 3.63) is 34.9 Å². The molecule has 0 aromatic heterocycles. The number of hydrogen-bond acceptors (Lipinski definition) is 1. The highest BCUT2D eigenvalue weighted by Gasteiger charge is 2.31. The molecule has 0 heterocycles. The van der Waals surface area contributed by atoms with Crippen LogP contribution >= 0.6 is 11.6 Å². The van der Waals surface area contributed by atoms with E-state index >= 15 is 0 Å². The molecule has 82 valence electrons. The van der Waals surface area contributed by atoms with Crippen LogP contribution in [-0.4, -0.2) is 12.1 Å². The standard InChI is InChI=1S/C13H18ClN/c1-9(2)15-11-7-10(8-11)12-5-3-4-6-13(12)14/h3-6,9-11,15H,7-8H2,1-2H3. The fourth-order valence-electron chi connectivity index (χ4n) is 2.29. The van der Waals surface area contributed by atoms with Crippen LogP contribution < -0.4 is 5.32 Å². The molecule has 0 bridgehead atoms. The van der Waals surface area contributed by atoms with E-state index in [2.05, 4.69) is 31.3 Å². The van der Waals surface area contributed by atoms with Gasteiger partial charge in [-0.3, -0.25) is 0 Å². The van der Waals surface area contributed by atoms with Crippen molar-refractivity contribution < 1.29 is 0 Å². The number of benzene rings is 1. The molecular formula is C13H18ClN. The van der Waals surface area contributed by atoms with Crippen molar-refractivity contribution in [2.24, 2.45) is 0 Å². The SMILES string of the molecule is CC(C)NC1CC(c2ccccc2Cl)C1. The molecule has 2 heteroatoms. The number of rotatable bonds is 3. The second-order valence-corrected chi connectivity index (χ2v) is 5.12. The summed E-state index contributed by atoms with van der Waals surface area (Å²) >= 11 is 6.16. The monoisotopic (exact) mass is 223 g/mol. The Balaban J connectivity index is 1.92. The zero-order valence-electron chi connectivity index (χ0n) is 9.33. The maximum Gasteiger partial charge on any atom is 0.0440 e. The first kappa shape index (κ1) is 11.0. The maximum atomic E-state index is 6.16. The third-order valence-electron chi connectivity index (χ3n) is 3.05. The van der Waals surface area contributed by atoms with Crippen molar-refractivity contribution in [1.82, 2.24) is 5.32 Å². The first-order valence-electron chi connectivity index (χ1n) is 5.67. The largest absolute Gasteiger partial charge is 0.312 e. The van der Waals surface area contributed by atoms with E-state index in [-0.39, 0.29) is 0 Å². The molecule has 1 N–H and O–H groups in total. The van der Waals surface area contributed by atoms with Crippen molar-refractivity contribution in [1.29, 1.82) is 0 Å². The van der Waals surface area contributed by atoms with Crippen molar-refractivity contribution in [2.75, 3.05) is 0 Å². The van der Waals surface area contributed by atoms with E-state index in [0.717, 1.165) is 5.02 Å². The molecule has 0 aliphatic heterocycles.